The number of para-hydroxylation sites is 1. The summed E-state index contributed by atoms with van der Waals surface area (Å²) in [6.45, 7) is 1.76. The molecule has 5 heteroatoms. The molecule has 0 heterocycles. The lowest BCUT2D eigenvalue weighted by Crippen LogP contribution is -2.13. The van der Waals surface area contributed by atoms with E-state index >= 15 is 0 Å². The fraction of sp³-hybridized carbons (Fsp3) is 0.130. The van der Waals surface area contributed by atoms with Gasteiger partial charge < -0.3 is 14.8 Å². The average Bonchev–Trinajstić information content (AvgIpc) is 2.73. The molecule has 0 aromatic heterocycles. The van der Waals surface area contributed by atoms with Crippen molar-refractivity contribution in [1.29, 1.82) is 0 Å². The number of carbonyl (C=O) groups excluding carboxylic acids is 2. The highest BCUT2D eigenvalue weighted by Crippen LogP contribution is 2.23. The quantitative estimate of drug-likeness (QED) is 0.607. The standard InChI is InChI=1S/C23H21NO4/c1-16(25)17-7-6-8-20(14-17)24-23(26)18-11-12-22(27-2)19(13-18)15-28-21-9-4-3-5-10-21/h3-14H,15H2,1-2H3,(H,24,26). The molecule has 0 spiro atoms. The van der Waals surface area contributed by atoms with E-state index in [1.165, 1.54) is 6.92 Å². The number of hydrogen-bond donors (Lipinski definition) is 1. The van der Waals surface area contributed by atoms with Crippen molar-refractivity contribution < 1.29 is 19.1 Å². The Morgan fingerprint density at radius 3 is 2.39 bits per heavy atom. The summed E-state index contributed by atoms with van der Waals surface area (Å²) in [7, 11) is 1.58. The topological polar surface area (TPSA) is 64.6 Å². The van der Waals surface area contributed by atoms with Crippen molar-refractivity contribution in [2.75, 3.05) is 12.4 Å². The Morgan fingerprint density at radius 1 is 0.893 bits per heavy atom. The number of nitrogens with one attached hydrogen (secondary N) is 1. The van der Waals surface area contributed by atoms with E-state index in [0.717, 1.165) is 11.3 Å². The molecule has 3 aromatic carbocycles. The molecule has 0 aliphatic carbocycles. The first kappa shape index (κ1) is 19.2. The summed E-state index contributed by atoms with van der Waals surface area (Å²) in [5.41, 5.74) is 2.34. The molecular weight excluding hydrogens is 354 g/mol. The van der Waals surface area contributed by atoms with Crippen LogP contribution < -0.4 is 14.8 Å². The van der Waals surface area contributed by atoms with Crippen molar-refractivity contribution in [1.82, 2.24) is 0 Å². The predicted molar refractivity (Wildman–Crippen MR) is 108 cm³/mol. The third-order valence-corrected chi connectivity index (χ3v) is 4.21. The molecule has 1 amide bonds. The van der Waals surface area contributed by atoms with Gasteiger partial charge in [-0.25, -0.2) is 0 Å². The maximum Gasteiger partial charge on any atom is 0.255 e. The SMILES string of the molecule is COc1ccc(C(=O)Nc2cccc(C(C)=O)c2)cc1COc1ccccc1. The van der Waals surface area contributed by atoms with Gasteiger partial charge in [-0.05, 0) is 49.4 Å². The Labute approximate surface area is 163 Å². The number of Topliss-reactive ketones (excluding diaryl/α,β-unsaturated/α-hetero) is 1. The van der Waals surface area contributed by atoms with Gasteiger partial charge in [0.2, 0.25) is 0 Å². The molecule has 0 atom stereocenters. The van der Waals surface area contributed by atoms with E-state index in [1.54, 1.807) is 49.6 Å². The normalized spacial score (nSPS) is 10.2. The van der Waals surface area contributed by atoms with Gasteiger partial charge >= 0.3 is 0 Å². The van der Waals surface area contributed by atoms with Crippen LogP contribution in [0.3, 0.4) is 0 Å². The lowest BCUT2D eigenvalue weighted by Gasteiger charge is -2.12. The molecule has 0 saturated heterocycles. The summed E-state index contributed by atoms with van der Waals surface area (Å²) < 4.78 is 11.2. The van der Waals surface area contributed by atoms with Crippen LogP contribution in [0.2, 0.25) is 0 Å². The molecule has 1 N–H and O–H groups in total. The number of benzene rings is 3. The van der Waals surface area contributed by atoms with E-state index in [-0.39, 0.29) is 18.3 Å². The molecule has 3 aromatic rings. The van der Waals surface area contributed by atoms with E-state index in [2.05, 4.69) is 5.32 Å². The van der Waals surface area contributed by atoms with Gasteiger partial charge in [-0.1, -0.05) is 30.3 Å². The summed E-state index contributed by atoms with van der Waals surface area (Å²) in [4.78, 5) is 24.2. The van der Waals surface area contributed by atoms with Crippen LogP contribution in [-0.2, 0) is 6.61 Å². The highest BCUT2D eigenvalue weighted by molar-refractivity contribution is 6.05. The molecule has 0 fully saturated rings. The Bertz CT molecular complexity index is 983. The van der Waals surface area contributed by atoms with Gasteiger partial charge in [-0.2, -0.15) is 0 Å². The number of ketones is 1. The fourth-order valence-electron chi connectivity index (χ4n) is 2.73. The van der Waals surface area contributed by atoms with Crippen molar-refractivity contribution in [2.24, 2.45) is 0 Å². The maximum atomic E-state index is 12.6. The van der Waals surface area contributed by atoms with Crippen molar-refractivity contribution in [3.8, 4) is 11.5 Å². The van der Waals surface area contributed by atoms with Crippen molar-refractivity contribution >= 4 is 17.4 Å². The number of anilines is 1. The van der Waals surface area contributed by atoms with Crippen LogP contribution in [0.1, 0.15) is 33.2 Å². The third kappa shape index (κ3) is 4.76. The second-order valence-electron chi connectivity index (χ2n) is 6.22. The summed E-state index contributed by atoms with van der Waals surface area (Å²) >= 11 is 0. The van der Waals surface area contributed by atoms with Crippen LogP contribution in [-0.4, -0.2) is 18.8 Å². The second-order valence-corrected chi connectivity index (χ2v) is 6.22. The summed E-state index contributed by atoms with van der Waals surface area (Å²) in [6.07, 6.45) is 0. The lowest BCUT2D eigenvalue weighted by atomic mass is 10.1. The first-order valence-corrected chi connectivity index (χ1v) is 8.84. The highest BCUT2D eigenvalue weighted by Gasteiger charge is 2.12. The molecular formula is C23H21NO4. The number of amides is 1. The predicted octanol–water partition coefficient (Wildman–Crippen LogP) is 4.73. The number of methoxy groups -OCH3 is 1. The van der Waals surface area contributed by atoms with E-state index in [4.69, 9.17) is 9.47 Å². The fourth-order valence-corrected chi connectivity index (χ4v) is 2.73. The highest BCUT2D eigenvalue weighted by atomic mass is 16.5. The zero-order valence-electron chi connectivity index (χ0n) is 15.8. The molecule has 0 radical (unpaired) electrons. The van der Waals surface area contributed by atoms with E-state index < -0.39 is 0 Å². The van der Waals surface area contributed by atoms with E-state index in [9.17, 15) is 9.59 Å². The molecule has 0 aliphatic rings. The Hall–Kier alpha value is -3.60. The third-order valence-electron chi connectivity index (χ3n) is 4.21. The van der Waals surface area contributed by atoms with Crippen LogP contribution in [0, 0.1) is 0 Å². The first-order valence-electron chi connectivity index (χ1n) is 8.84. The van der Waals surface area contributed by atoms with Gasteiger partial charge in [-0.15, -0.1) is 0 Å². The minimum Gasteiger partial charge on any atom is -0.496 e. The largest absolute Gasteiger partial charge is 0.496 e. The molecule has 0 saturated carbocycles. The average molecular weight is 375 g/mol. The zero-order valence-corrected chi connectivity index (χ0v) is 15.8. The second kappa shape index (κ2) is 8.86. The van der Waals surface area contributed by atoms with Crippen LogP contribution in [0.25, 0.3) is 0 Å². The molecule has 3 rings (SSSR count). The monoisotopic (exact) mass is 375 g/mol. The maximum absolute atomic E-state index is 12.6. The Balaban J connectivity index is 1.77. The number of rotatable bonds is 7. The lowest BCUT2D eigenvalue weighted by molar-refractivity contribution is 0.101. The van der Waals surface area contributed by atoms with E-state index in [1.807, 2.05) is 30.3 Å². The van der Waals surface area contributed by atoms with Gasteiger partial charge in [0.05, 0.1) is 7.11 Å². The summed E-state index contributed by atoms with van der Waals surface area (Å²) in [5, 5.41) is 2.82. The van der Waals surface area contributed by atoms with Crippen LogP contribution in [0.4, 0.5) is 5.69 Å². The van der Waals surface area contributed by atoms with Gasteiger partial charge in [0, 0.05) is 22.4 Å². The van der Waals surface area contributed by atoms with Crippen molar-refractivity contribution in [3.05, 3.63) is 89.5 Å². The molecule has 142 valence electrons. The summed E-state index contributed by atoms with van der Waals surface area (Å²) in [6, 6.07) is 21.5. The molecule has 5 nitrogen and oxygen atoms in total. The van der Waals surface area contributed by atoms with Crippen LogP contribution in [0.15, 0.2) is 72.8 Å². The minimum absolute atomic E-state index is 0.0547. The zero-order chi connectivity index (χ0) is 19.9. The molecule has 0 unspecified atom stereocenters. The number of carbonyl (C=O) groups is 2. The molecule has 28 heavy (non-hydrogen) atoms. The Morgan fingerprint density at radius 2 is 1.68 bits per heavy atom. The minimum atomic E-state index is -0.274. The van der Waals surface area contributed by atoms with Crippen molar-refractivity contribution in [2.45, 2.75) is 13.5 Å². The smallest absolute Gasteiger partial charge is 0.255 e. The first-order chi connectivity index (χ1) is 13.6. The number of hydrogen-bond acceptors (Lipinski definition) is 4. The number of ether oxygens (including phenoxy) is 2. The molecule has 0 bridgehead atoms. The van der Waals surface area contributed by atoms with Crippen LogP contribution in [0.5, 0.6) is 11.5 Å². The van der Waals surface area contributed by atoms with Gasteiger partial charge in [0.1, 0.15) is 18.1 Å². The van der Waals surface area contributed by atoms with Gasteiger partial charge in [-0.3, -0.25) is 9.59 Å². The molecule has 0 aliphatic heterocycles. The summed E-state index contributed by atoms with van der Waals surface area (Å²) in [5.74, 6) is 1.05. The van der Waals surface area contributed by atoms with Crippen LogP contribution >= 0.6 is 0 Å². The van der Waals surface area contributed by atoms with Crippen molar-refractivity contribution in [3.63, 3.8) is 0 Å². The Kier molecular flexibility index (Phi) is 6.07. The van der Waals surface area contributed by atoms with Gasteiger partial charge in [0.25, 0.3) is 5.91 Å². The van der Waals surface area contributed by atoms with Gasteiger partial charge in [0.15, 0.2) is 5.78 Å². The van der Waals surface area contributed by atoms with E-state index in [0.29, 0.717) is 22.6 Å².